The van der Waals surface area contributed by atoms with Gasteiger partial charge >= 0.3 is 12.1 Å². The first-order chi connectivity index (χ1) is 10.3. The summed E-state index contributed by atoms with van der Waals surface area (Å²) >= 11 is 0. The Morgan fingerprint density at radius 3 is 2.32 bits per heavy atom. The Hall–Kier alpha value is -1.30. The Kier molecular flexibility index (Phi) is 7.13. The molecule has 6 heteroatoms. The fraction of sp³-hybridized carbons (Fsp3) is 0.875. The van der Waals surface area contributed by atoms with E-state index in [4.69, 9.17) is 9.47 Å². The zero-order chi connectivity index (χ0) is 16.8. The summed E-state index contributed by atoms with van der Waals surface area (Å²) in [5.41, 5.74) is -0.484. The third-order valence-electron chi connectivity index (χ3n) is 3.73. The molecule has 0 radical (unpaired) electrons. The first-order valence-electron chi connectivity index (χ1n) is 8.08. The van der Waals surface area contributed by atoms with Crippen molar-refractivity contribution in [1.82, 2.24) is 10.2 Å². The highest BCUT2D eigenvalue weighted by Gasteiger charge is 2.30. The first kappa shape index (κ1) is 18.7. The van der Waals surface area contributed by atoms with Crippen LogP contribution in [0.3, 0.4) is 0 Å². The normalized spacial score (nSPS) is 18.6. The number of nitrogens with one attached hydrogen (secondary N) is 1. The molecule has 6 nitrogen and oxygen atoms in total. The molecule has 1 aliphatic rings. The van der Waals surface area contributed by atoms with Gasteiger partial charge in [-0.25, -0.2) is 4.79 Å². The fourth-order valence-corrected chi connectivity index (χ4v) is 2.69. The summed E-state index contributed by atoms with van der Waals surface area (Å²) in [6.07, 6.45) is 3.00. The van der Waals surface area contributed by atoms with Crippen LogP contribution in [0.4, 0.5) is 4.79 Å². The van der Waals surface area contributed by atoms with Crippen LogP contribution in [0.5, 0.6) is 0 Å². The molecule has 0 aliphatic carbocycles. The summed E-state index contributed by atoms with van der Waals surface area (Å²) in [6, 6.07) is -0.0662. The van der Waals surface area contributed by atoms with Crippen molar-refractivity contribution in [3.63, 3.8) is 0 Å². The maximum atomic E-state index is 11.9. The molecule has 0 spiro atoms. The molecular formula is C16H30N2O4. The lowest BCUT2D eigenvalue weighted by Gasteiger charge is -2.36. The van der Waals surface area contributed by atoms with Crippen LogP contribution >= 0.6 is 0 Å². The van der Waals surface area contributed by atoms with Crippen LogP contribution in [0.2, 0.25) is 0 Å². The van der Waals surface area contributed by atoms with Gasteiger partial charge < -0.3 is 14.8 Å². The molecule has 0 saturated carbocycles. The zero-order valence-corrected chi connectivity index (χ0v) is 14.5. The van der Waals surface area contributed by atoms with Gasteiger partial charge in [0.05, 0.1) is 7.11 Å². The van der Waals surface area contributed by atoms with Gasteiger partial charge in [0.15, 0.2) is 0 Å². The van der Waals surface area contributed by atoms with E-state index in [9.17, 15) is 9.59 Å². The summed E-state index contributed by atoms with van der Waals surface area (Å²) in [5, 5.41) is 2.91. The maximum absolute atomic E-state index is 11.9. The molecule has 1 unspecified atom stereocenters. The standard InChI is InChI=1S/C16H30N2O4/c1-6-7-13(14(19)21-5)18-10-8-12(9-11-18)17-15(20)22-16(2,3)4/h12-13H,6-11H2,1-5H3,(H,17,20). The predicted molar refractivity (Wildman–Crippen MR) is 84.7 cm³/mol. The van der Waals surface area contributed by atoms with Crippen molar-refractivity contribution in [3.05, 3.63) is 0 Å². The molecule has 0 aromatic heterocycles. The second-order valence-corrected chi connectivity index (χ2v) is 6.78. The summed E-state index contributed by atoms with van der Waals surface area (Å²) < 4.78 is 10.2. The minimum atomic E-state index is -0.484. The summed E-state index contributed by atoms with van der Waals surface area (Å²) in [7, 11) is 1.43. The fourth-order valence-electron chi connectivity index (χ4n) is 2.69. The van der Waals surface area contributed by atoms with Gasteiger partial charge in [-0.3, -0.25) is 9.69 Å². The van der Waals surface area contributed by atoms with E-state index in [0.29, 0.717) is 0 Å². The molecule has 1 atom stereocenters. The number of nitrogens with zero attached hydrogens (tertiary/aromatic N) is 1. The van der Waals surface area contributed by atoms with E-state index in [1.165, 1.54) is 7.11 Å². The van der Waals surface area contributed by atoms with Gasteiger partial charge in [-0.1, -0.05) is 13.3 Å². The molecule has 0 aromatic carbocycles. The Labute approximate surface area is 133 Å². The number of esters is 1. The quantitative estimate of drug-likeness (QED) is 0.789. The maximum Gasteiger partial charge on any atom is 0.407 e. The minimum absolute atomic E-state index is 0.103. The largest absolute Gasteiger partial charge is 0.468 e. The Morgan fingerprint density at radius 2 is 1.86 bits per heavy atom. The van der Waals surface area contributed by atoms with Crippen molar-refractivity contribution in [1.29, 1.82) is 0 Å². The first-order valence-corrected chi connectivity index (χ1v) is 8.08. The Morgan fingerprint density at radius 1 is 1.27 bits per heavy atom. The Bertz CT molecular complexity index is 371. The molecule has 1 fully saturated rings. The number of alkyl carbamates (subject to hydrolysis) is 1. The van der Waals surface area contributed by atoms with E-state index in [2.05, 4.69) is 17.1 Å². The van der Waals surface area contributed by atoms with E-state index in [1.807, 2.05) is 20.8 Å². The van der Waals surface area contributed by atoms with Crippen LogP contribution in [0.15, 0.2) is 0 Å². The SMILES string of the molecule is CCCC(C(=O)OC)N1CCC(NC(=O)OC(C)(C)C)CC1. The average molecular weight is 314 g/mol. The topological polar surface area (TPSA) is 67.9 Å². The molecule has 1 amide bonds. The van der Waals surface area contributed by atoms with Gasteiger partial charge in [0.25, 0.3) is 0 Å². The number of methoxy groups -OCH3 is 1. The van der Waals surface area contributed by atoms with Crippen LogP contribution in [0, 0.1) is 0 Å². The number of amides is 1. The van der Waals surface area contributed by atoms with Crippen LogP contribution < -0.4 is 5.32 Å². The van der Waals surface area contributed by atoms with Crippen LogP contribution in [-0.4, -0.2) is 54.8 Å². The highest BCUT2D eigenvalue weighted by molar-refractivity contribution is 5.75. The second-order valence-electron chi connectivity index (χ2n) is 6.78. The van der Waals surface area contributed by atoms with E-state index < -0.39 is 5.60 Å². The summed E-state index contributed by atoms with van der Waals surface area (Å²) in [5.74, 6) is -0.166. The zero-order valence-electron chi connectivity index (χ0n) is 14.5. The van der Waals surface area contributed by atoms with Crippen molar-refractivity contribution < 1.29 is 19.1 Å². The number of hydrogen-bond donors (Lipinski definition) is 1. The number of carbonyl (C=O) groups is 2. The third kappa shape index (κ3) is 6.22. The number of ether oxygens (including phenoxy) is 2. The number of carbonyl (C=O) groups excluding carboxylic acids is 2. The van der Waals surface area contributed by atoms with Crippen molar-refractivity contribution in [3.8, 4) is 0 Å². The average Bonchev–Trinajstić information content (AvgIpc) is 2.43. The lowest BCUT2D eigenvalue weighted by Crippen LogP contribution is -2.51. The van der Waals surface area contributed by atoms with Crippen LogP contribution in [0.25, 0.3) is 0 Å². The van der Waals surface area contributed by atoms with Crippen molar-refractivity contribution in [2.24, 2.45) is 0 Å². The molecule has 1 heterocycles. The van der Waals surface area contributed by atoms with Crippen molar-refractivity contribution in [2.75, 3.05) is 20.2 Å². The number of likely N-dealkylation sites (tertiary alicyclic amines) is 1. The Balaban J connectivity index is 2.45. The molecule has 1 N–H and O–H groups in total. The number of hydrogen-bond acceptors (Lipinski definition) is 5. The number of piperidine rings is 1. The lowest BCUT2D eigenvalue weighted by molar-refractivity contribution is -0.147. The molecule has 0 aromatic rings. The predicted octanol–water partition coefficient (Wildman–Crippen LogP) is 2.32. The minimum Gasteiger partial charge on any atom is -0.468 e. The monoisotopic (exact) mass is 314 g/mol. The van der Waals surface area contributed by atoms with Gasteiger partial charge in [0.1, 0.15) is 11.6 Å². The van der Waals surface area contributed by atoms with E-state index in [0.717, 1.165) is 38.8 Å². The molecular weight excluding hydrogens is 284 g/mol. The lowest BCUT2D eigenvalue weighted by atomic mass is 10.0. The van der Waals surface area contributed by atoms with Crippen LogP contribution in [0.1, 0.15) is 53.4 Å². The third-order valence-corrected chi connectivity index (χ3v) is 3.73. The summed E-state index contributed by atoms with van der Waals surface area (Å²) in [6.45, 7) is 9.16. The highest BCUT2D eigenvalue weighted by Crippen LogP contribution is 2.18. The highest BCUT2D eigenvalue weighted by atomic mass is 16.6. The summed E-state index contributed by atoms with van der Waals surface area (Å²) in [4.78, 5) is 25.8. The van der Waals surface area contributed by atoms with E-state index >= 15 is 0 Å². The van der Waals surface area contributed by atoms with E-state index in [-0.39, 0.29) is 24.1 Å². The second kappa shape index (κ2) is 8.36. The molecule has 1 aliphatic heterocycles. The van der Waals surface area contributed by atoms with E-state index in [1.54, 1.807) is 0 Å². The van der Waals surface area contributed by atoms with Crippen molar-refractivity contribution >= 4 is 12.1 Å². The van der Waals surface area contributed by atoms with Crippen LogP contribution in [-0.2, 0) is 14.3 Å². The molecule has 128 valence electrons. The molecule has 1 saturated heterocycles. The smallest absolute Gasteiger partial charge is 0.407 e. The molecule has 22 heavy (non-hydrogen) atoms. The van der Waals surface area contributed by atoms with Gasteiger partial charge in [-0.05, 0) is 40.0 Å². The van der Waals surface area contributed by atoms with Crippen molar-refractivity contribution in [2.45, 2.75) is 71.1 Å². The van der Waals surface area contributed by atoms with Gasteiger partial charge in [-0.2, -0.15) is 0 Å². The number of rotatable bonds is 5. The van der Waals surface area contributed by atoms with Gasteiger partial charge in [-0.15, -0.1) is 0 Å². The molecule has 0 bridgehead atoms. The van der Waals surface area contributed by atoms with Gasteiger partial charge in [0, 0.05) is 19.1 Å². The van der Waals surface area contributed by atoms with Gasteiger partial charge in [0.2, 0.25) is 0 Å². The molecule has 1 rings (SSSR count).